The van der Waals surface area contributed by atoms with Crippen molar-refractivity contribution < 1.29 is 31.8 Å². The average molecular weight is 441 g/mol. The van der Waals surface area contributed by atoms with E-state index < -0.39 is 23.5 Å². The topological polar surface area (TPSA) is 61.3 Å². The van der Waals surface area contributed by atoms with Crippen molar-refractivity contribution in [1.29, 1.82) is 0 Å². The average Bonchev–Trinajstić information content (AvgIpc) is 2.69. The van der Waals surface area contributed by atoms with Crippen molar-refractivity contribution in [2.45, 2.75) is 13.1 Å². The summed E-state index contributed by atoms with van der Waals surface area (Å²) in [6.45, 7) is 1.68. The van der Waals surface area contributed by atoms with Crippen LogP contribution in [0.5, 0.6) is 11.6 Å². The second-order valence-corrected chi connectivity index (χ2v) is 6.26. The van der Waals surface area contributed by atoms with Crippen molar-refractivity contribution in [2.75, 3.05) is 6.61 Å². The Balaban J connectivity index is 2.06. The van der Waals surface area contributed by atoms with Crippen LogP contribution in [-0.2, 0) is 10.9 Å². The molecule has 0 amide bonds. The Morgan fingerprint density at radius 1 is 1.17 bits per heavy atom. The molecule has 0 atom stereocenters. The van der Waals surface area contributed by atoms with Crippen molar-refractivity contribution in [3.05, 3.63) is 70.6 Å². The van der Waals surface area contributed by atoms with Gasteiger partial charge in [0, 0.05) is 11.8 Å². The molecule has 156 valence electrons. The fourth-order valence-corrected chi connectivity index (χ4v) is 2.62. The Kier molecular flexibility index (Phi) is 6.21. The summed E-state index contributed by atoms with van der Waals surface area (Å²) in [6.07, 6.45) is -3.75. The van der Waals surface area contributed by atoms with Gasteiger partial charge in [-0.3, -0.25) is 0 Å². The molecule has 0 N–H and O–H groups in total. The van der Waals surface area contributed by atoms with E-state index in [0.717, 1.165) is 12.3 Å². The number of carbonyl (C=O) groups excluding carboxylic acids is 1. The van der Waals surface area contributed by atoms with Gasteiger partial charge in [0.1, 0.15) is 17.1 Å². The molecule has 2 aromatic carbocycles. The zero-order chi connectivity index (χ0) is 21.9. The summed E-state index contributed by atoms with van der Waals surface area (Å²) >= 11 is 6.06. The molecule has 0 radical (unpaired) electrons. The van der Waals surface area contributed by atoms with Gasteiger partial charge in [-0.05, 0) is 31.2 Å². The lowest BCUT2D eigenvalue weighted by atomic mass is 10.1. The minimum absolute atomic E-state index is 0.0417. The number of carbonyl (C=O) groups is 1. The zero-order valence-electron chi connectivity index (χ0n) is 15.3. The quantitative estimate of drug-likeness (QED) is 0.364. The fourth-order valence-electron chi connectivity index (χ4n) is 2.45. The van der Waals surface area contributed by atoms with Crippen molar-refractivity contribution in [3.63, 3.8) is 0 Å². The first kappa shape index (κ1) is 21.5. The lowest BCUT2D eigenvalue weighted by molar-refractivity contribution is -0.139. The minimum Gasteiger partial charge on any atom is -0.462 e. The molecule has 0 saturated heterocycles. The summed E-state index contributed by atoms with van der Waals surface area (Å²) in [4.78, 5) is 20.2. The number of esters is 1. The van der Waals surface area contributed by atoms with Crippen LogP contribution in [0.3, 0.4) is 0 Å². The molecule has 0 spiro atoms. The number of benzene rings is 2. The highest BCUT2D eigenvalue weighted by Gasteiger charge is 2.34. The maximum absolute atomic E-state index is 13.9. The normalized spacial score (nSPS) is 11.3. The SMILES string of the molecule is CCOC(=O)c1cnc(-c2ccc(C(F)(F)F)c(F)c2)nc1Oc1ccccc1Cl. The first-order chi connectivity index (χ1) is 14.2. The molecule has 0 fully saturated rings. The second-order valence-electron chi connectivity index (χ2n) is 5.86. The summed E-state index contributed by atoms with van der Waals surface area (Å²) in [5, 5.41) is 0.230. The van der Waals surface area contributed by atoms with Crippen molar-refractivity contribution >= 4 is 17.6 Å². The number of rotatable bonds is 5. The lowest BCUT2D eigenvalue weighted by Crippen LogP contribution is -2.10. The summed E-state index contributed by atoms with van der Waals surface area (Å²) < 4.78 is 62.9. The molecule has 0 unspecified atom stereocenters. The van der Waals surface area contributed by atoms with Crippen LogP contribution in [0.25, 0.3) is 11.4 Å². The molecule has 0 saturated carbocycles. The molecule has 0 aliphatic carbocycles. The maximum atomic E-state index is 13.9. The molecule has 10 heteroatoms. The third-order valence-electron chi connectivity index (χ3n) is 3.83. The smallest absolute Gasteiger partial charge is 0.419 e. The van der Waals surface area contributed by atoms with E-state index in [1.54, 1.807) is 25.1 Å². The van der Waals surface area contributed by atoms with Crippen LogP contribution in [0.1, 0.15) is 22.8 Å². The van der Waals surface area contributed by atoms with Gasteiger partial charge in [-0.25, -0.2) is 14.2 Å². The van der Waals surface area contributed by atoms with Gasteiger partial charge >= 0.3 is 12.1 Å². The Bertz CT molecular complexity index is 1090. The maximum Gasteiger partial charge on any atom is 0.419 e. The molecule has 0 bridgehead atoms. The van der Waals surface area contributed by atoms with Crippen molar-refractivity contribution in [3.8, 4) is 23.0 Å². The largest absolute Gasteiger partial charge is 0.462 e. The van der Waals surface area contributed by atoms with Gasteiger partial charge in [0.2, 0.25) is 5.88 Å². The van der Waals surface area contributed by atoms with E-state index in [4.69, 9.17) is 21.1 Å². The van der Waals surface area contributed by atoms with Gasteiger partial charge in [0.15, 0.2) is 5.82 Å². The zero-order valence-corrected chi connectivity index (χ0v) is 16.1. The lowest BCUT2D eigenvalue weighted by Gasteiger charge is -2.12. The predicted octanol–water partition coefficient (Wildman–Crippen LogP) is 5.92. The highest BCUT2D eigenvalue weighted by Crippen LogP contribution is 2.34. The molecule has 30 heavy (non-hydrogen) atoms. The Hall–Kier alpha value is -3.20. The van der Waals surface area contributed by atoms with Crippen molar-refractivity contribution in [2.24, 2.45) is 0 Å². The number of hydrogen-bond donors (Lipinski definition) is 0. The summed E-state index contributed by atoms with van der Waals surface area (Å²) in [7, 11) is 0. The Morgan fingerprint density at radius 2 is 1.90 bits per heavy atom. The number of halogens is 5. The number of para-hydroxylation sites is 1. The van der Waals surface area contributed by atoms with Gasteiger partial charge in [-0.15, -0.1) is 0 Å². The van der Waals surface area contributed by atoms with E-state index >= 15 is 0 Å². The number of nitrogens with zero attached hydrogens (tertiary/aromatic N) is 2. The molecule has 0 aliphatic rings. The van der Waals surface area contributed by atoms with Crippen LogP contribution >= 0.6 is 11.6 Å². The number of ether oxygens (including phenoxy) is 2. The molecule has 0 aliphatic heterocycles. The van der Waals surface area contributed by atoms with Gasteiger partial charge < -0.3 is 9.47 Å². The molecule has 1 heterocycles. The van der Waals surface area contributed by atoms with Gasteiger partial charge in [0.25, 0.3) is 0 Å². The minimum atomic E-state index is -4.84. The Labute approximate surface area is 173 Å². The Morgan fingerprint density at radius 3 is 2.53 bits per heavy atom. The third-order valence-corrected chi connectivity index (χ3v) is 4.14. The monoisotopic (exact) mass is 440 g/mol. The first-order valence-corrected chi connectivity index (χ1v) is 8.92. The summed E-state index contributed by atoms with van der Waals surface area (Å²) in [5.74, 6) is -2.48. The molecule has 3 aromatic rings. The van der Waals surface area contributed by atoms with E-state index in [2.05, 4.69) is 9.97 Å². The summed E-state index contributed by atoms with van der Waals surface area (Å²) in [6, 6.07) is 8.63. The van der Waals surface area contributed by atoms with Crippen LogP contribution in [0, 0.1) is 5.82 Å². The van der Waals surface area contributed by atoms with Crippen molar-refractivity contribution in [1.82, 2.24) is 9.97 Å². The second kappa shape index (κ2) is 8.66. The molecule has 1 aromatic heterocycles. The van der Waals surface area contributed by atoms with E-state index in [1.807, 2.05) is 0 Å². The van der Waals surface area contributed by atoms with Crippen LogP contribution in [0.4, 0.5) is 17.6 Å². The van der Waals surface area contributed by atoms with Crippen LogP contribution in [0.2, 0.25) is 5.02 Å². The van der Waals surface area contributed by atoms with Gasteiger partial charge in [-0.2, -0.15) is 18.2 Å². The van der Waals surface area contributed by atoms with E-state index in [-0.39, 0.29) is 40.2 Å². The predicted molar refractivity (Wildman–Crippen MR) is 99.9 cm³/mol. The fraction of sp³-hybridized carbons (Fsp3) is 0.150. The van der Waals surface area contributed by atoms with E-state index in [9.17, 15) is 22.4 Å². The molecular formula is C20H13ClF4N2O3. The highest BCUT2D eigenvalue weighted by atomic mass is 35.5. The van der Waals surface area contributed by atoms with E-state index in [1.165, 1.54) is 6.07 Å². The van der Waals surface area contributed by atoms with Gasteiger partial charge in [0.05, 0.1) is 17.2 Å². The molecule has 3 rings (SSSR count). The molecule has 5 nitrogen and oxygen atoms in total. The van der Waals surface area contributed by atoms with Crippen LogP contribution in [-0.4, -0.2) is 22.5 Å². The summed E-state index contributed by atoms with van der Waals surface area (Å²) in [5.41, 5.74) is -1.59. The third kappa shape index (κ3) is 4.68. The van der Waals surface area contributed by atoms with Crippen LogP contribution in [0.15, 0.2) is 48.7 Å². The molecular weight excluding hydrogens is 428 g/mol. The highest BCUT2D eigenvalue weighted by molar-refractivity contribution is 6.32. The van der Waals surface area contributed by atoms with E-state index in [0.29, 0.717) is 12.1 Å². The standard InChI is InChI=1S/C20H13ClF4N2O3/c1-2-29-19(28)12-10-26-17(11-7-8-13(15(22)9-11)20(23,24)25)27-18(12)30-16-6-4-3-5-14(16)21/h3-10H,2H2,1H3. The van der Waals surface area contributed by atoms with Gasteiger partial charge in [-0.1, -0.05) is 29.8 Å². The number of aromatic nitrogens is 2. The number of alkyl halides is 3. The number of hydrogen-bond acceptors (Lipinski definition) is 5. The van der Waals surface area contributed by atoms with Crippen LogP contribution < -0.4 is 4.74 Å². The first-order valence-electron chi connectivity index (χ1n) is 8.54.